The normalized spacial score (nSPS) is 14.0. The minimum absolute atomic E-state index is 0. The van der Waals surface area contributed by atoms with Gasteiger partial charge in [0.15, 0.2) is 5.96 Å². The van der Waals surface area contributed by atoms with Gasteiger partial charge >= 0.3 is 0 Å². The molecule has 1 aliphatic heterocycles. The van der Waals surface area contributed by atoms with E-state index < -0.39 is 0 Å². The number of hydrogen-bond donors (Lipinski definition) is 1. The Labute approximate surface area is 212 Å². The summed E-state index contributed by atoms with van der Waals surface area (Å²) in [5.74, 6) is 1.99. The summed E-state index contributed by atoms with van der Waals surface area (Å²) >= 11 is 0. The van der Waals surface area contributed by atoms with Crippen molar-refractivity contribution < 1.29 is 0 Å². The van der Waals surface area contributed by atoms with Crippen LogP contribution in [0.5, 0.6) is 0 Å². The van der Waals surface area contributed by atoms with E-state index in [-0.39, 0.29) is 29.5 Å². The quantitative estimate of drug-likeness (QED) is 0.286. The van der Waals surface area contributed by atoms with Gasteiger partial charge in [-0.15, -0.1) is 24.0 Å². The average molecular weight is 558 g/mol. The van der Waals surface area contributed by atoms with Crippen LogP contribution in [0.2, 0.25) is 0 Å². The second kappa shape index (κ2) is 12.4. The molecule has 0 unspecified atom stereocenters. The summed E-state index contributed by atoms with van der Waals surface area (Å²) in [5, 5.41) is 3.43. The fraction of sp³-hybridized carbons (Fsp3) is 0.320. The maximum absolute atomic E-state index is 11.9. The van der Waals surface area contributed by atoms with Crippen LogP contribution in [-0.2, 0) is 13.1 Å². The van der Waals surface area contributed by atoms with Crippen LogP contribution in [0.15, 0.2) is 82.8 Å². The number of anilines is 1. The van der Waals surface area contributed by atoms with Gasteiger partial charge in [-0.05, 0) is 36.2 Å². The van der Waals surface area contributed by atoms with Crippen LogP contribution >= 0.6 is 24.0 Å². The molecule has 174 valence electrons. The first-order valence-corrected chi connectivity index (χ1v) is 11.2. The highest BCUT2D eigenvalue weighted by atomic mass is 127. The zero-order valence-electron chi connectivity index (χ0n) is 18.9. The third kappa shape index (κ3) is 6.80. The molecular formula is C25H31IN6O. The lowest BCUT2D eigenvalue weighted by Crippen LogP contribution is -2.52. The SMILES string of the molecule is CCNC(=NCc1ccc(Cn2ccccc2=O)cc1)N1CCN(c2ccccn2)CC1.I. The number of aliphatic imine (C=N–C) groups is 1. The van der Waals surface area contributed by atoms with Crippen LogP contribution in [0, 0.1) is 0 Å². The van der Waals surface area contributed by atoms with Crippen LogP contribution in [0.3, 0.4) is 0 Å². The molecule has 1 aromatic carbocycles. The fourth-order valence-corrected chi connectivity index (χ4v) is 3.82. The molecule has 7 nitrogen and oxygen atoms in total. The monoisotopic (exact) mass is 558 g/mol. The maximum atomic E-state index is 11.9. The lowest BCUT2D eigenvalue weighted by molar-refractivity contribution is 0.371. The molecule has 3 heterocycles. The number of pyridine rings is 2. The summed E-state index contributed by atoms with van der Waals surface area (Å²) in [6.07, 6.45) is 3.66. The Balaban J connectivity index is 0.00000306. The zero-order chi connectivity index (χ0) is 22.2. The maximum Gasteiger partial charge on any atom is 0.250 e. The highest BCUT2D eigenvalue weighted by Gasteiger charge is 2.20. The van der Waals surface area contributed by atoms with Crippen molar-refractivity contribution in [2.24, 2.45) is 4.99 Å². The van der Waals surface area contributed by atoms with Gasteiger partial charge in [-0.1, -0.05) is 36.4 Å². The second-order valence-corrected chi connectivity index (χ2v) is 7.82. The molecule has 2 aromatic heterocycles. The third-order valence-corrected chi connectivity index (χ3v) is 5.57. The minimum atomic E-state index is 0. The number of benzene rings is 1. The summed E-state index contributed by atoms with van der Waals surface area (Å²) in [4.78, 5) is 25.9. The fourth-order valence-electron chi connectivity index (χ4n) is 3.82. The van der Waals surface area contributed by atoms with Gasteiger partial charge in [-0.2, -0.15) is 0 Å². The number of aromatic nitrogens is 2. The molecule has 1 fully saturated rings. The highest BCUT2D eigenvalue weighted by molar-refractivity contribution is 14.0. The van der Waals surface area contributed by atoms with Gasteiger partial charge in [-0.25, -0.2) is 9.98 Å². The first kappa shape index (κ1) is 24.8. The van der Waals surface area contributed by atoms with E-state index in [0.29, 0.717) is 13.1 Å². The largest absolute Gasteiger partial charge is 0.357 e. The summed E-state index contributed by atoms with van der Waals surface area (Å²) in [6, 6.07) is 19.6. The van der Waals surface area contributed by atoms with E-state index in [4.69, 9.17) is 4.99 Å². The molecule has 33 heavy (non-hydrogen) atoms. The molecule has 0 radical (unpaired) electrons. The van der Waals surface area contributed by atoms with E-state index in [1.54, 1.807) is 16.7 Å². The van der Waals surface area contributed by atoms with Crippen molar-refractivity contribution in [3.05, 3.63) is 94.5 Å². The Kier molecular flexibility index (Phi) is 9.29. The molecule has 0 spiro atoms. The molecule has 4 rings (SSSR count). The van der Waals surface area contributed by atoms with Crippen molar-refractivity contribution in [3.8, 4) is 0 Å². The topological polar surface area (TPSA) is 65.8 Å². The smallest absolute Gasteiger partial charge is 0.250 e. The number of rotatable bonds is 6. The highest BCUT2D eigenvalue weighted by Crippen LogP contribution is 2.13. The van der Waals surface area contributed by atoms with Crippen LogP contribution in [-0.4, -0.2) is 53.1 Å². The summed E-state index contributed by atoms with van der Waals surface area (Å²) in [6.45, 7) is 7.80. The van der Waals surface area contributed by atoms with E-state index >= 15 is 0 Å². The standard InChI is InChI=1S/C25H30N6O.HI/c1-2-26-25(30-17-15-29(16-18-30)23-7-3-5-13-27-23)28-19-21-9-11-22(12-10-21)20-31-14-6-4-8-24(31)32;/h3-14H,2,15-20H2,1H3,(H,26,28);1H. The van der Waals surface area contributed by atoms with Crippen LogP contribution in [0.1, 0.15) is 18.1 Å². The Morgan fingerprint density at radius 2 is 1.70 bits per heavy atom. The molecule has 0 bridgehead atoms. The molecule has 0 saturated carbocycles. The Morgan fingerprint density at radius 3 is 2.36 bits per heavy atom. The van der Waals surface area contributed by atoms with Crippen molar-refractivity contribution in [1.82, 2.24) is 19.8 Å². The zero-order valence-corrected chi connectivity index (χ0v) is 21.3. The molecule has 8 heteroatoms. The summed E-state index contributed by atoms with van der Waals surface area (Å²) in [7, 11) is 0. The van der Waals surface area contributed by atoms with E-state index in [1.807, 2.05) is 30.6 Å². The van der Waals surface area contributed by atoms with Gasteiger partial charge in [0.25, 0.3) is 5.56 Å². The molecule has 0 atom stereocenters. The van der Waals surface area contributed by atoms with Crippen molar-refractivity contribution in [2.75, 3.05) is 37.6 Å². The van der Waals surface area contributed by atoms with Gasteiger partial charge < -0.3 is 19.7 Å². The molecule has 3 aromatic rings. The molecule has 1 aliphatic rings. The van der Waals surface area contributed by atoms with Crippen LogP contribution < -0.4 is 15.8 Å². The lowest BCUT2D eigenvalue weighted by Gasteiger charge is -2.37. The van der Waals surface area contributed by atoms with Crippen LogP contribution in [0.25, 0.3) is 0 Å². The lowest BCUT2D eigenvalue weighted by atomic mass is 10.1. The second-order valence-electron chi connectivity index (χ2n) is 7.82. The predicted molar refractivity (Wildman–Crippen MR) is 144 cm³/mol. The first-order valence-electron chi connectivity index (χ1n) is 11.2. The number of halogens is 1. The van der Waals surface area contributed by atoms with E-state index in [0.717, 1.165) is 55.6 Å². The first-order chi connectivity index (χ1) is 15.7. The van der Waals surface area contributed by atoms with Crippen molar-refractivity contribution in [3.63, 3.8) is 0 Å². The molecule has 0 amide bonds. The van der Waals surface area contributed by atoms with Crippen molar-refractivity contribution in [2.45, 2.75) is 20.0 Å². The third-order valence-electron chi connectivity index (χ3n) is 5.57. The number of guanidine groups is 1. The number of hydrogen-bond acceptors (Lipinski definition) is 4. The average Bonchev–Trinajstić information content (AvgIpc) is 2.85. The Morgan fingerprint density at radius 1 is 0.970 bits per heavy atom. The van der Waals surface area contributed by atoms with E-state index in [2.05, 4.69) is 57.4 Å². The van der Waals surface area contributed by atoms with Crippen LogP contribution in [0.4, 0.5) is 5.82 Å². The Hall–Kier alpha value is -2.88. The number of nitrogens with one attached hydrogen (secondary N) is 1. The Bertz CT molecular complexity index is 1080. The molecule has 1 saturated heterocycles. The predicted octanol–water partition coefficient (Wildman–Crippen LogP) is 3.20. The van der Waals surface area contributed by atoms with Gasteiger partial charge in [-0.3, -0.25) is 4.79 Å². The van der Waals surface area contributed by atoms with Gasteiger partial charge in [0.2, 0.25) is 0 Å². The number of piperazine rings is 1. The summed E-state index contributed by atoms with van der Waals surface area (Å²) in [5.41, 5.74) is 2.26. The molecular weight excluding hydrogens is 527 g/mol. The van der Waals surface area contributed by atoms with E-state index in [1.165, 1.54) is 0 Å². The minimum Gasteiger partial charge on any atom is -0.357 e. The van der Waals surface area contributed by atoms with Gasteiger partial charge in [0.05, 0.1) is 13.1 Å². The van der Waals surface area contributed by atoms with Crippen molar-refractivity contribution >= 4 is 35.8 Å². The van der Waals surface area contributed by atoms with Gasteiger partial charge in [0.1, 0.15) is 5.82 Å². The summed E-state index contributed by atoms with van der Waals surface area (Å²) < 4.78 is 1.71. The van der Waals surface area contributed by atoms with E-state index in [9.17, 15) is 4.79 Å². The van der Waals surface area contributed by atoms with Gasteiger partial charge in [0, 0.05) is 51.2 Å². The number of nitrogens with zero attached hydrogens (tertiary/aromatic N) is 5. The van der Waals surface area contributed by atoms with Crippen molar-refractivity contribution in [1.29, 1.82) is 0 Å². The molecule has 1 N–H and O–H groups in total. The molecule has 0 aliphatic carbocycles.